The SMILES string of the molecule is CCCCOc1ccc(/C=C\C(=O)Nc2ccccc2C)cc1N. The van der Waals surface area contributed by atoms with Crippen molar-refractivity contribution in [3.05, 3.63) is 59.7 Å². The summed E-state index contributed by atoms with van der Waals surface area (Å²) in [6, 6.07) is 13.2. The molecular formula is C20H24N2O2. The molecule has 0 aliphatic carbocycles. The van der Waals surface area contributed by atoms with E-state index in [1.54, 1.807) is 12.1 Å². The van der Waals surface area contributed by atoms with Crippen LogP contribution in [0.15, 0.2) is 48.5 Å². The quantitative estimate of drug-likeness (QED) is 0.450. The molecule has 0 saturated carbocycles. The smallest absolute Gasteiger partial charge is 0.248 e. The number of aryl methyl sites for hydroxylation is 1. The van der Waals surface area contributed by atoms with Crippen LogP contribution in [-0.4, -0.2) is 12.5 Å². The van der Waals surface area contributed by atoms with Crippen molar-refractivity contribution in [2.45, 2.75) is 26.7 Å². The Labute approximate surface area is 143 Å². The van der Waals surface area contributed by atoms with Crippen molar-refractivity contribution in [2.75, 3.05) is 17.7 Å². The summed E-state index contributed by atoms with van der Waals surface area (Å²) in [7, 11) is 0. The second kappa shape index (κ2) is 8.77. The normalized spacial score (nSPS) is 10.8. The van der Waals surface area contributed by atoms with E-state index in [-0.39, 0.29) is 5.91 Å². The third kappa shape index (κ3) is 5.16. The fraction of sp³-hybridized carbons (Fsp3) is 0.250. The standard InChI is InChI=1S/C20H24N2O2/c1-3-4-13-24-19-11-9-16(14-17(19)21)10-12-20(23)22-18-8-6-5-7-15(18)2/h5-12,14H,3-4,13,21H2,1-2H3,(H,22,23)/b12-10-. The van der Waals surface area contributed by atoms with Crippen molar-refractivity contribution in [3.63, 3.8) is 0 Å². The zero-order valence-corrected chi connectivity index (χ0v) is 14.2. The highest BCUT2D eigenvalue weighted by molar-refractivity contribution is 6.02. The number of hydrogen-bond donors (Lipinski definition) is 2. The first-order valence-corrected chi connectivity index (χ1v) is 8.17. The highest BCUT2D eigenvalue weighted by atomic mass is 16.5. The number of ether oxygens (including phenoxy) is 1. The molecule has 0 saturated heterocycles. The molecule has 4 heteroatoms. The van der Waals surface area contributed by atoms with Gasteiger partial charge in [-0.2, -0.15) is 0 Å². The topological polar surface area (TPSA) is 64.3 Å². The lowest BCUT2D eigenvalue weighted by atomic mass is 10.1. The van der Waals surface area contributed by atoms with Crippen molar-refractivity contribution in [1.82, 2.24) is 0 Å². The number of amides is 1. The van der Waals surface area contributed by atoms with E-state index in [1.165, 1.54) is 6.08 Å². The molecule has 0 bridgehead atoms. The average Bonchev–Trinajstić information content (AvgIpc) is 2.57. The maximum Gasteiger partial charge on any atom is 0.248 e. The predicted molar refractivity (Wildman–Crippen MR) is 100 cm³/mol. The van der Waals surface area contributed by atoms with E-state index >= 15 is 0 Å². The number of carbonyl (C=O) groups is 1. The maximum absolute atomic E-state index is 12.0. The number of nitrogen functional groups attached to an aromatic ring is 1. The lowest BCUT2D eigenvalue weighted by Crippen LogP contribution is -2.08. The van der Waals surface area contributed by atoms with E-state index in [4.69, 9.17) is 10.5 Å². The predicted octanol–water partition coefficient (Wildman–Crippen LogP) is 4.41. The van der Waals surface area contributed by atoms with E-state index in [9.17, 15) is 4.79 Å². The van der Waals surface area contributed by atoms with Gasteiger partial charge in [0.25, 0.3) is 0 Å². The molecule has 3 N–H and O–H groups in total. The van der Waals surface area contributed by atoms with Crippen LogP contribution < -0.4 is 15.8 Å². The molecule has 0 aliphatic rings. The fourth-order valence-corrected chi connectivity index (χ4v) is 2.19. The van der Waals surface area contributed by atoms with Gasteiger partial charge in [0.2, 0.25) is 5.91 Å². The highest BCUT2D eigenvalue weighted by Gasteiger charge is 2.03. The van der Waals surface area contributed by atoms with Crippen LogP contribution in [-0.2, 0) is 4.79 Å². The van der Waals surface area contributed by atoms with Crippen LogP contribution in [0.5, 0.6) is 5.75 Å². The first-order valence-electron chi connectivity index (χ1n) is 8.17. The number of para-hydroxylation sites is 1. The molecule has 2 aromatic carbocycles. The summed E-state index contributed by atoms with van der Waals surface area (Å²) < 4.78 is 5.62. The summed E-state index contributed by atoms with van der Waals surface area (Å²) in [5.74, 6) is 0.510. The van der Waals surface area contributed by atoms with Crippen LogP contribution in [0.25, 0.3) is 6.08 Å². The van der Waals surface area contributed by atoms with Crippen molar-refractivity contribution >= 4 is 23.4 Å². The molecule has 2 aromatic rings. The first-order chi connectivity index (χ1) is 11.6. The first kappa shape index (κ1) is 17.6. The van der Waals surface area contributed by atoms with Gasteiger partial charge in [-0.05, 0) is 48.7 Å². The van der Waals surface area contributed by atoms with E-state index in [0.717, 1.165) is 29.7 Å². The molecule has 24 heavy (non-hydrogen) atoms. The van der Waals surface area contributed by atoms with Crippen molar-refractivity contribution in [3.8, 4) is 5.75 Å². The molecule has 0 spiro atoms. The highest BCUT2D eigenvalue weighted by Crippen LogP contribution is 2.23. The maximum atomic E-state index is 12.0. The molecule has 4 nitrogen and oxygen atoms in total. The van der Waals surface area contributed by atoms with Gasteiger partial charge in [0.05, 0.1) is 12.3 Å². The summed E-state index contributed by atoms with van der Waals surface area (Å²) in [6.07, 6.45) is 5.31. The average molecular weight is 324 g/mol. The number of rotatable bonds is 7. The van der Waals surface area contributed by atoms with E-state index < -0.39 is 0 Å². The zero-order chi connectivity index (χ0) is 17.4. The van der Waals surface area contributed by atoms with Gasteiger partial charge in [-0.25, -0.2) is 0 Å². The van der Waals surface area contributed by atoms with Crippen LogP contribution in [0.3, 0.4) is 0 Å². The molecule has 0 fully saturated rings. The molecular weight excluding hydrogens is 300 g/mol. The molecule has 1 amide bonds. The van der Waals surface area contributed by atoms with Crippen LogP contribution in [0.4, 0.5) is 11.4 Å². The zero-order valence-electron chi connectivity index (χ0n) is 14.2. The Morgan fingerprint density at radius 3 is 2.75 bits per heavy atom. The Bertz CT molecular complexity index is 723. The Hall–Kier alpha value is -2.75. The second-order valence-electron chi connectivity index (χ2n) is 5.64. The van der Waals surface area contributed by atoms with Gasteiger partial charge in [-0.15, -0.1) is 0 Å². The van der Waals surface area contributed by atoms with E-state index in [1.807, 2.05) is 43.3 Å². The number of benzene rings is 2. The van der Waals surface area contributed by atoms with Gasteiger partial charge >= 0.3 is 0 Å². The van der Waals surface area contributed by atoms with Gasteiger partial charge in [-0.1, -0.05) is 37.6 Å². The van der Waals surface area contributed by atoms with Crippen LogP contribution >= 0.6 is 0 Å². The Morgan fingerprint density at radius 1 is 1.25 bits per heavy atom. The minimum absolute atomic E-state index is 0.175. The summed E-state index contributed by atoms with van der Waals surface area (Å²) in [4.78, 5) is 12.0. The third-order valence-electron chi connectivity index (χ3n) is 3.62. The number of carbonyl (C=O) groups excluding carboxylic acids is 1. The summed E-state index contributed by atoms with van der Waals surface area (Å²) in [6.45, 7) is 4.73. The Balaban J connectivity index is 1.97. The summed E-state index contributed by atoms with van der Waals surface area (Å²) in [5.41, 5.74) is 9.26. The van der Waals surface area contributed by atoms with Gasteiger partial charge in [-0.3, -0.25) is 4.79 Å². The molecule has 0 heterocycles. The van der Waals surface area contributed by atoms with Crippen LogP contribution in [0, 0.1) is 6.92 Å². The van der Waals surface area contributed by atoms with Crippen molar-refractivity contribution in [1.29, 1.82) is 0 Å². The van der Waals surface area contributed by atoms with E-state index in [0.29, 0.717) is 18.0 Å². The summed E-state index contributed by atoms with van der Waals surface area (Å²) in [5, 5.41) is 2.86. The largest absolute Gasteiger partial charge is 0.491 e. The van der Waals surface area contributed by atoms with Gasteiger partial charge in [0.1, 0.15) is 5.75 Å². The van der Waals surface area contributed by atoms with E-state index in [2.05, 4.69) is 12.2 Å². The molecule has 0 aromatic heterocycles. The van der Waals surface area contributed by atoms with Crippen LogP contribution in [0.1, 0.15) is 30.9 Å². The second-order valence-corrected chi connectivity index (χ2v) is 5.64. The molecule has 0 radical (unpaired) electrons. The van der Waals surface area contributed by atoms with Crippen LogP contribution in [0.2, 0.25) is 0 Å². The van der Waals surface area contributed by atoms with Gasteiger partial charge in [0.15, 0.2) is 0 Å². The lowest BCUT2D eigenvalue weighted by molar-refractivity contribution is -0.111. The number of anilines is 2. The molecule has 0 unspecified atom stereocenters. The van der Waals surface area contributed by atoms with Gasteiger partial charge in [0, 0.05) is 11.8 Å². The lowest BCUT2D eigenvalue weighted by Gasteiger charge is -2.09. The Morgan fingerprint density at radius 2 is 2.04 bits per heavy atom. The minimum atomic E-state index is -0.175. The molecule has 126 valence electrons. The van der Waals surface area contributed by atoms with Crippen molar-refractivity contribution in [2.24, 2.45) is 0 Å². The number of hydrogen-bond acceptors (Lipinski definition) is 3. The molecule has 2 rings (SSSR count). The van der Waals surface area contributed by atoms with Crippen molar-refractivity contribution < 1.29 is 9.53 Å². The Kier molecular flexibility index (Phi) is 6.43. The molecule has 0 atom stereocenters. The fourth-order valence-electron chi connectivity index (χ4n) is 2.19. The number of nitrogens with one attached hydrogen (secondary N) is 1. The monoisotopic (exact) mass is 324 g/mol. The van der Waals surface area contributed by atoms with Gasteiger partial charge < -0.3 is 15.8 Å². The third-order valence-corrected chi connectivity index (χ3v) is 3.62. The molecule has 0 aliphatic heterocycles. The number of unbranched alkanes of at least 4 members (excludes halogenated alkanes) is 1. The number of nitrogens with two attached hydrogens (primary N) is 1. The minimum Gasteiger partial charge on any atom is -0.491 e. The summed E-state index contributed by atoms with van der Waals surface area (Å²) >= 11 is 0.